The van der Waals surface area contributed by atoms with Crippen LogP contribution in [0.25, 0.3) is 16.6 Å². The molecule has 2 unspecified atom stereocenters. The molecule has 0 saturated carbocycles. The summed E-state index contributed by atoms with van der Waals surface area (Å²) in [5, 5.41) is 7.78. The maximum Gasteiger partial charge on any atom is 0.410 e. The third kappa shape index (κ3) is 2.97. The number of nitrogens with zero attached hydrogens (tertiary/aromatic N) is 3. The van der Waals surface area contributed by atoms with Gasteiger partial charge in [0.15, 0.2) is 0 Å². The zero-order valence-corrected chi connectivity index (χ0v) is 14.7. The SMILES string of the molecule is O=C(OCc1ccccc1)N1C2C=C(c3ccc4nonc4c3)CC1CC2. The second kappa shape index (κ2) is 6.54. The van der Waals surface area contributed by atoms with Gasteiger partial charge in [-0.3, -0.25) is 4.90 Å². The van der Waals surface area contributed by atoms with Gasteiger partial charge in [-0.25, -0.2) is 9.42 Å². The van der Waals surface area contributed by atoms with Crippen LogP contribution in [0.5, 0.6) is 0 Å². The monoisotopic (exact) mass is 361 g/mol. The number of ether oxygens (including phenoxy) is 1. The number of carbonyl (C=O) groups excluding carboxylic acids is 1. The third-order valence-electron chi connectivity index (χ3n) is 5.44. The summed E-state index contributed by atoms with van der Waals surface area (Å²) in [7, 11) is 0. The highest BCUT2D eigenvalue weighted by molar-refractivity contribution is 5.81. The van der Waals surface area contributed by atoms with E-state index in [1.165, 1.54) is 5.57 Å². The van der Waals surface area contributed by atoms with Gasteiger partial charge in [0.1, 0.15) is 17.6 Å². The van der Waals surface area contributed by atoms with Crippen LogP contribution in [-0.2, 0) is 11.3 Å². The lowest BCUT2D eigenvalue weighted by atomic mass is 9.95. The summed E-state index contributed by atoms with van der Waals surface area (Å²) in [6.45, 7) is 0.308. The number of rotatable bonds is 3. The molecule has 2 bridgehead atoms. The summed E-state index contributed by atoms with van der Waals surface area (Å²) >= 11 is 0. The van der Waals surface area contributed by atoms with Gasteiger partial charge in [-0.15, -0.1) is 0 Å². The maximum atomic E-state index is 12.7. The van der Waals surface area contributed by atoms with Crippen molar-refractivity contribution in [2.75, 3.05) is 0 Å². The number of fused-ring (bicyclic) bond motifs is 3. The van der Waals surface area contributed by atoms with E-state index in [1.54, 1.807) is 0 Å². The van der Waals surface area contributed by atoms with Crippen LogP contribution in [0.1, 0.15) is 30.4 Å². The Bertz CT molecular complexity index is 1010. The Morgan fingerprint density at radius 1 is 1.11 bits per heavy atom. The smallest absolute Gasteiger partial charge is 0.410 e. The normalized spacial score (nSPS) is 21.3. The fourth-order valence-corrected chi connectivity index (χ4v) is 4.10. The topological polar surface area (TPSA) is 68.5 Å². The predicted octanol–water partition coefficient (Wildman–Crippen LogP) is 4.18. The fraction of sp³-hybridized carbons (Fsp3) is 0.286. The van der Waals surface area contributed by atoms with Crippen LogP contribution in [-0.4, -0.2) is 33.4 Å². The Kier molecular flexibility index (Phi) is 3.89. The fourth-order valence-electron chi connectivity index (χ4n) is 4.10. The summed E-state index contributed by atoms with van der Waals surface area (Å²) in [6.07, 6.45) is 4.77. The molecule has 1 fully saturated rings. The molecule has 2 aliphatic heterocycles. The average Bonchev–Trinajstić information content (AvgIpc) is 3.28. The molecule has 0 spiro atoms. The molecule has 2 aromatic carbocycles. The molecule has 0 N–H and O–H groups in total. The lowest BCUT2D eigenvalue weighted by molar-refractivity contribution is 0.0832. The summed E-state index contributed by atoms with van der Waals surface area (Å²) in [5.74, 6) is 0. The number of carbonyl (C=O) groups is 1. The van der Waals surface area contributed by atoms with E-state index in [9.17, 15) is 4.79 Å². The quantitative estimate of drug-likeness (QED) is 0.700. The maximum absolute atomic E-state index is 12.7. The van der Waals surface area contributed by atoms with Gasteiger partial charge in [-0.1, -0.05) is 42.5 Å². The summed E-state index contributed by atoms with van der Waals surface area (Å²) < 4.78 is 10.3. The molecular formula is C21H19N3O3. The Balaban J connectivity index is 1.33. The van der Waals surface area contributed by atoms with Crippen molar-refractivity contribution in [3.8, 4) is 0 Å². The van der Waals surface area contributed by atoms with E-state index in [2.05, 4.69) is 16.4 Å². The van der Waals surface area contributed by atoms with Gasteiger partial charge in [0.25, 0.3) is 0 Å². The van der Waals surface area contributed by atoms with E-state index < -0.39 is 0 Å². The highest BCUT2D eigenvalue weighted by atomic mass is 16.6. The minimum absolute atomic E-state index is 0.0909. The zero-order valence-electron chi connectivity index (χ0n) is 14.7. The number of hydrogen-bond acceptors (Lipinski definition) is 5. The van der Waals surface area contributed by atoms with E-state index >= 15 is 0 Å². The molecule has 1 amide bonds. The second-order valence-corrected chi connectivity index (χ2v) is 7.11. The van der Waals surface area contributed by atoms with Crippen LogP contribution in [0.2, 0.25) is 0 Å². The summed E-state index contributed by atoms with van der Waals surface area (Å²) in [4.78, 5) is 14.6. The first-order valence-electron chi connectivity index (χ1n) is 9.20. The molecule has 136 valence electrons. The van der Waals surface area contributed by atoms with Crippen molar-refractivity contribution in [3.05, 3.63) is 65.7 Å². The highest BCUT2D eigenvalue weighted by Gasteiger charge is 2.40. The number of benzene rings is 2. The summed E-state index contributed by atoms with van der Waals surface area (Å²) in [5.41, 5.74) is 4.88. The standard InChI is InChI=1S/C21H19N3O3/c25-21(26-13-14-4-2-1-3-5-14)24-17-7-8-18(24)11-16(10-17)15-6-9-19-20(12-15)23-27-22-19/h1-6,9-10,12,17-18H,7-8,11,13H2. The molecule has 3 aromatic rings. The minimum Gasteiger partial charge on any atom is -0.445 e. The van der Waals surface area contributed by atoms with Crippen LogP contribution < -0.4 is 0 Å². The van der Waals surface area contributed by atoms with Crippen molar-refractivity contribution in [1.82, 2.24) is 15.2 Å². The molecule has 27 heavy (non-hydrogen) atoms. The van der Waals surface area contributed by atoms with Crippen LogP contribution in [0.4, 0.5) is 4.79 Å². The molecule has 6 heteroatoms. The van der Waals surface area contributed by atoms with Crippen molar-refractivity contribution in [2.45, 2.75) is 38.0 Å². The van der Waals surface area contributed by atoms with E-state index in [1.807, 2.05) is 53.4 Å². The van der Waals surface area contributed by atoms with Crippen molar-refractivity contribution >= 4 is 22.7 Å². The molecule has 2 atom stereocenters. The molecule has 5 rings (SSSR count). The average molecular weight is 361 g/mol. The summed E-state index contributed by atoms with van der Waals surface area (Å²) in [6, 6.07) is 16.0. The third-order valence-corrected chi connectivity index (χ3v) is 5.44. The van der Waals surface area contributed by atoms with E-state index in [-0.39, 0.29) is 18.2 Å². The van der Waals surface area contributed by atoms with Crippen LogP contribution in [0.3, 0.4) is 0 Å². The van der Waals surface area contributed by atoms with Crippen molar-refractivity contribution in [3.63, 3.8) is 0 Å². The lowest BCUT2D eigenvalue weighted by Gasteiger charge is -2.33. The first-order chi connectivity index (χ1) is 13.3. The van der Waals surface area contributed by atoms with Crippen LogP contribution in [0, 0.1) is 0 Å². The van der Waals surface area contributed by atoms with Gasteiger partial charge >= 0.3 is 6.09 Å². The molecule has 2 aliphatic rings. The van der Waals surface area contributed by atoms with E-state index in [4.69, 9.17) is 9.37 Å². The Morgan fingerprint density at radius 3 is 2.81 bits per heavy atom. The van der Waals surface area contributed by atoms with Gasteiger partial charge in [-0.2, -0.15) is 0 Å². The number of aromatic nitrogens is 2. The zero-order chi connectivity index (χ0) is 18.2. The second-order valence-electron chi connectivity index (χ2n) is 7.11. The van der Waals surface area contributed by atoms with Gasteiger partial charge in [0, 0.05) is 6.04 Å². The van der Waals surface area contributed by atoms with Crippen molar-refractivity contribution < 1.29 is 14.2 Å². The molecule has 0 radical (unpaired) electrons. The predicted molar refractivity (Wildman–Crippen MR) is 99.7 cm³/mol. The Hall–Kier alpha value is -3.15. The van der Waals surface area contributed by atoms with Crippen molar-refractivity contribution in [1.29, 1.82) is 0 Å². The molecular weight excluding hydrogens is 342 g/mol. The van der Waals surface area contributed by atoms with Gasteiger partial charge in [-0.05, 0) is 58.4 Å². The molecule has 3 heterocycles. The first-order valence-corrected chi connectivity index (χ1v) is 9.20. The number of hydrogen-bond donors (Lipinski definition) is 0. The van der Waals surface area contributed by atoms with Crippen molar-refractivity contribution in [2.24, 2.45) is 0 Å². The van der Waals surface area contributed by atoms with Crippen LogP contribution in [0.15, 0.2) is 59.2 Å². The molecule has 0 aliphatic carbocycles. The van der Waals surface area contributed by atoms with Gasteiger partial charge < -0.3 is 4.74 Å². The lowest BCUT2D eigenvalue weighted by Crippen LogP contribution is -2.43. The van der Waals surface area contributed by atoms with Gasteiger partial charge in [0.05, 0.1) is 6.04 Å². The Labute approximate surface area is 156 Å². The molecule has 6 nitrogen and oxygen atoms in total. The molecule has 1 aromatic heterocycles. The van der Waals surface area contributed by atoms with E-state index in [0.717, 1.165) is 41.4 Å². The first kappa shape index (κ1) is 16.1. The van der Waals surface area contributed by atoms with Gasteiger partial charge in [0.2, 0.25) is 0 Å². The van der Waals surface area contributed by atoms with Crippen LogP contribution >= 0.6 is 0 Å². The van der Waals surface area contributed by atoms with E-state index in [0.29, 0.717) is 6.61 Å². The minimum atomic E-state index is -0.224. The molecule has 1 saturated heterocycles. The largest absolute Gasteiger partial charge is 0.445 e. The highest BCUT2D eigenvalue weighted by Crippen LogP contribution is 2.39. The Morgan fingerprint density at radius 2 is 1.96 bits per heavy atom. The number of amides is 1.